The van der Waals surface area contributed by atoms with Crippen LogP contribution < -0.4 is 0 Å². The number of likely N-dealkylation sites (tertiary alicyclic amines) is 1. The van der Waals surface area contributed by atoms with Gasteiger partial charge in [0.1, 0.15) is 6.04 Å². The molecule has 0 spiro atoms. The minimum atomic E-state index is -0.845. The van der Waals surface area contributed by atoms with Crippen LogP contribution in [0, 0.1) is 17.8 Å². The number of hydrogen-bond donors (Lipinski definition) is 1. The molecule has 5 heteroatoms. The Hall–Kier alpha value is -1.55. The zero-order valence-corrected chi connectivity index (χ0v) is 13.6. The largest absolute Gasteiger partial charge is 0.480 e. The quantitative estimate of drug-likeness (QED) is 0.924. The lowest BCUT2D eigenvalue weighted by atomic mass is 9.94. The first-order chi connectivity index (χ1) is 11.1. The van der Waals surface area contributed by atoms with Crippen LogP contribution in [0.2, 0.25) is 5.02 Å². The second-order valence-corrected chi connectivity index (χ2v) is 7.51. The molecular weight excluding hydrogens is 314 g/mol. The van der Waals surface area contributed by atoms with Gasteiger partial charge in [0.05, 0.1) is 0 Å². The number of amides is 1. The van der Waals surface area contributed by atoms with Gasteiger partial charge in [0.15, 0.2) is 0 Å². The number of nitrogens with zero attached hydrogens (tertiary/aromatic N) is 1. The van der Waals surface area contributed by atoms with Crippen molar-refractivity contribution in [1.29, 1.82) is 0 Å². The van der Waals surface area contributed by atoms with Crippen LogP contribution in [-0.4, -0.2) is 34.5 Å². The molecule has 3 fully saturated rings. The number of carboxylic acid groups (broad SMARTS) is 1. The van der Waals surface area contributed by atoms with Crippen molar-refractivity contribution in [3.8, 4) is 0 Å². The van der Waals surface area contributed by atoms with Gasteiger partial charge in [-0.05, 0) is 48.6 Å². The van der Waals surface area contributed by atoms with Crippen LogP contribution in [-0.2, 0) is 9.59 Å². The van der Waals surface area contributed by atoms with E-state index in [-0.39, 0.29) is 23.7 Å². The number of rotatable bonds is 3. The van der Waals surface area contributed by atoms with Gasteiger partial charge in [0, 0.05) is 17.5 Å². The van der Waals surface area contributed by atoms with Crippen molar-refractivity contribution >= 4 is 23.5 Å². The lowest BCUT2D eigenvalue weighted by molar-refractivity contribution is -0.150. The fourth-order valence-corrected chi connectivity index (χ4v) is 4.93. The summed E-state index contributed by atoms with van der Waals surface area (Å²) in [6.45, 7) is 0.617. The first kappa shape index (κ1) is 15.0. The number of carboxylic acids is 1. The fraction of sp³-hybridized carbons (Fsp3) is 0.556. The topological polar surface area (TPSA) is 57.6 Å². The Bertz CT molecular complexity index is 661. The Balaban J connectivity index is 1.52. The highest BCUT2D eigenvalue weighted by molar-refractivity contribution is 6.31. The molecule has 5 atom stereocenters. The minimum absolute atomic E-state index is 0.0109. The summed E-state index contributed by atoms with van der Waals surface area (Å²) in [5.41, 5.74) is 1.01. The van der Waals surface area contributed by atoms with Crippen LogP contribution in [0.1, 0.15) is 37.2 Å². The fourth-order valence-electron chi connectivity index (χ4n) is 4.65. The van der Waals surface area contributed by atoms with E-state index in [0.717, 1.165) is 31.2 Å². The summed E-state index contributed by atoms with van der Waals surface area (Å²) >= 11 is 6.23. The van der Waals surface area contributed by atoms with Gasteiger partial charge in [-0.3, -0.25) is 4.79 Å². The van der Waals surface area contributed by atoms with E-state index in [1.807, 2.05) is 24.3 Å². The highest BCUT2D eigenvalue weighted by Gasteiger charge is 2.54. The molecule has 0 bridgehead atoms. The van der Waals surface area contributed by atoms with E-state index < -0.39 is 12.0 Å². The Labute approximate surface area is 140 Å². The van der Waals surface area contributed by atoms with Crippen LogP contribution in [0.25, 0.3) is 0 Å². The molecule has 23 heavy (non-hydrogen) atoms. The van der Waals surface area contributed by atoms with E-state index in [1.165, 1.54) is 0 Å². The van der Waals surface area contributed by atoms with Gasteiger partial charge in [-0.25, -0.2) is 4.79 Å². The van der Waals surface area contributed by atoms with Crippen molar-refractivity contribution < 1.29 is 14.7 Å². The van der Waals surface area contributed by atoms with Crippen molar-refractivity contribution in [2.75, 3.05) is 6.54 Å². The average molecular weight is 334 g/mol. The third-order valence-corrected chi connectivity index (χ3v) is 6.18. The molecule has 2 aliphatic carbocycles. The maximum atomic E-state index is 12.9. The summed E-state index contributed by atoms with van der Waals surface area (Å²) < 4.78 is 0. The first-order valence-corrected chi connectivity index (χ1v) is 8.73. The van der Waals surface area contributed by atoms with Crippen molar-refractivity contribution in [1.82, 2.24) is 4.90 Å². The minimum Gasteiger partial charge on any atom is -0.480 e. The molecule has 0 radical (unpaired) electrons. The highest BCUT2D eigenvalue weighted by atomic mass is 35.5. The maximum absolute atomic E-state index is 12.9. The third-order valence-electron chi connectivity index (χ3n) is 5.84. The lowest BCUT2D eigenvalue weighted by Gasteiger charge is -2.24. The summed E-state index contributed by atoms with van der Waals surface area (Å²) in [5.74, 6) is -0.271. The second kappa shape index (κ2) is 5.52. The van der Waals surface area contributed by atoms with Crippen LogP contribution in [0.4, 0.5) is 0 Å². The molecule has 122 valence electrons. The van der Waals surface area contributed by atoms with Gasteiger partial charge in [-0.2, -0.15) is 0 Å². The molecule has 4 nitrogen and oxygen atoms in total. The number of aliphatic carboxylic acids is 1. The maximum Gasteiger partial charge on any atom is 0.326 e. The molecule has 1 aliphatic heterocycles. The summed E-state index contributed by atoms with van der Waals surface area (Å²) in [4.78, 5) is 26.2. The number of carbonyl (C=O) groups excluding carboxylic acids is 1. The summed E-state index contributed by atoms with van der Waals surface area (Å²) in [5, 5.41) is 10.3. The predicted molar refractivity (Wildman–Crippen MR) is 86.3 cm³/mol. The number of benzene rings is 1. The monoisotopic (exact) mass is 333 g/mol. The Morgan fingerprint density at radius 1 is 1.22 bits per heavy atom. The molecule has 1 aromatic rings. The second-order valence-electron chi connectivity index (χ2n) is 7.10. The summed E-state index contributed by atoms with van der Waals surface area (Å²) in [7, 11) is 0. The number of halogens is 1. The molecule has 0 aromatic heterocycles. The van der Waals surface area contributed by atoms with Gasteiger partial charge in [0.2, 0.25) is 5.91 Å². The van der Waals surface area contributed by atoms with E-state index in [1.54, 1.807) is 4.90 Å². The van der Waals surface area contributed by atoms with Gasteiger partial charge in [-0.1, -0.05) is 36.2 Å². The number of carbonyl (C=O) groups is 2. The molecule has 3 aliphatic rings. The summed E-state index contributed by atoms with van der Waals surface area (Å²) in [6.07, 6.45) is 3.86. The van der Waals surface area contributed by atoms with E-state index in [4.69, 9.17) is 11.6 Å². The van der Waals surface area contributed by atoms with Crippen LogP contribution in [0.15, 0.2) is 24.3 Å². The molecule has 2 saturated carbocycles. The van der Waals surface area contributed by atoms with Gasteiger partial charge in [0.25, 0.3) is 0 Å². The van der Waals surface area contributed by atoms with E-state index >= 15 is 0 Å². The molecule has 1 amide bonds. The SMILES string of the molecule is O=C(O)C1C2CCCC2CN1C(=O)C1CC1c1ccccc1Cl. The number of fused-ring (bicyclic) bond motifs is 1. The molecule has 4 rings (SSSR count). The highest BCUT2D eigenvalue weighted by Crippen LogP contribution is 2.52. The Morgan fingerprint density at radius 2 is 2.00 bits per heavy atom. The van der Waals surface area contributed by atoms with Crippen molar-refractivity contribution in [3.05, 3.63) is 34.9 Å². The van der Waals surface area contributed by atoms with Gasteiger partial charge < -0.3 is 10.0 Å². The predicted octanol–water partition coefficient (Wildman–Crippen LogP) is 3.16. The van der Waals surface area contributed by atoms with Crippen LogP contribution in [0.3, 0.4) is 0 Å². The van der Waals surface area contributed by atoms with E-state index in [2.05, 4.69) is 0 Å². The first-order valence-electron chi connectivity index (χ1n) is 8.35. The molecule has 1 saturated heterocycles. The Morgan fingerprint density at radius 3 is 2.74 bits per heavy atom. The Kier molecular flexibility index (Phi) is 3.60. The van der Waals surface area contributed by atoms with Crippen LogP contribution in [0.5, 0.6) is 0 Å². The smallest absolute Gasteiger partial charge is 0.326 e. The molecule has 1 N–H and O–H groups in total. The zero-order valence-electron chi connectivity index (χ0n) is 12.8. The van der Waals surface area contributed by atoms with Crippen molar-refractivity contribution in [3.63, 3.8) is 0 Å². The van der Waals surface area contributed by atoms with E-state index in [0.29, 0.717) is 17.5 Å². The van der Waals surface area contributed by atoms with Gasteiger partial charge >= 0.3 is 5.97 Å². The third kappa shape index (κ3) is 2.44. The standard InChI is InChI=1S/C18H20ClNO3/c19-15-7-2-1-5-12(15)13-8-14(13)17(21)20-9-10-4-3-6-11(10)16(20)18(22)23/h1-2,5,7,10-11,13-14,16H,3-4,6,8-9H2,(H,22,23). The van der Waals surface area contributed by atoms with Crippen molar-refractivity contribution in [2.45, 2.75) is 37.6 Å². The molecule has 5 unspecified atom stereocenters. The molecule has 1 aromatic carbocycles. The summed E-state index contributed by atoms with van der Waals surface area (Å²) in [6, 6.07) is 7.00. The average Bonchev–Trinajstić information content (AvgIpc) is 3.02. The van der Waals surface area contributed by atoms with Crippen molar-refractivity contribution in [2.24, 2.45) is 17.8 Å². The zero-order chi connectivity index (χ0) is 16.1. The molecule has 1 heterocycles. The van der Waals surface area contributed by atoms with E-state index in [9.17, 15) is 14.7 Å². The molecular formula is C18H20ClNO3. The van der Waals surface area contributed by atoms with Crippen LogP contribution >= 0.6 is 11.6 Å². The normalized spacial score (nSPS) is 35.2. The number of hydrogen-bond acceptors (Lipinski definition) is 2. The lowest BCUT2D eigenvalue weighted by Crippen LogP contribution is -2.44. The van der Waals surface area contributed by atoms with Gasteiger partial charge in [-0.15, -0.1) is 0 Å².